The third-order valence-corrected chi connectivity index (χ3v) is 6.54. The summed E-state index contributed by atoms with van der Waals surface area (Å²) in [5.41, 5.74) is 2.25. The van der Waals surface area contributed by atoms with Gasteiger partial charge in [-0.15, -0.1) is 11.3 Å². The number of amides is 1. The Hall–Kier alpha value is -1.59. The number of thiophene rings is 1. The number of hydrogen-bond donors (Lipinski definition) is 0. The summed E-state index contributed by atoms with van der Waals surface area (Å²) in [6.07, 6.45) is 3.14. The zero-order valence-corrected chi connectivity index (χ0v) is 15.1. The van der Waals surface area contributed by atoms with E-state index in [1.807, 2.05) is 13.1 Å². The lowest BCUT2D eigenvalue weighted by molar-refractivity contribution is -0.0307. The van der Waals surface area contributed by atoms with Gasteiger partial charge in [0.15, 0.2) is 0 Å². The van der Waals surface area contributed by atoms with Gasteiger partial charge in [-0.1, -0.05) is 6.92 Å². The first kappa shape index (κ1) is 15.9. The molecule has 4 nitrogen and oxygen atoms in total. The maximum atomic E-state index is 12.6. The molecule has 5 rings (SSSR count). The van der Waals surface area contributed by atoms with E-state index in [4.69, 9.17) is 4.74 Å². The standard InChI is InChI=1S/C19H24N2O2S/c1-3-13-12-24-18-5-4-15(10-16(13)18)20(2)19(22)23-17-11-21-8-6-14(17)7-9-21/h4-5,10,12,14,17H,3,6-9,11H2,1-2H3. The average molecular weight is 344 g/mol. The highest BCUT2D eigenvalue weighted by Crippen LogP contribution is 2.32. The van der Waals surface area contributed by atoms with Crippen molar-refractivity contribution >= 4 is 33.2 Å². The van der Waals surface area contributed by atoms with Gasteiger partial charge < -0.3 is 4.74 Å². The summed E-state index contributed by atoms with van der Waals surface area (Å²) in [6.45, 7) is 5.37. The molecule has 1 unspecified atom stereocenters. The molecule has 0 saturated carbocycles. The molecule has 3 aliphatic heterocycles. The first-order valence-corrected chi connectivity index (χ1v) is 9.70. The minimum absolute atomic E-state index is 0.0542. The van der Waals surface area contributed by atoms with Crippen LogP contribution >= 0.6 is 11.3 Å². The third-order valence-electron chi connectivity index (χ3n) is 5.53. The van der Waals surface area contributed by atoms with Crippen LogP contribution in [-0.2, 0) is 11.2 Å². The molecule has 2 bridgehead atoms. The van der Waals surface area contributed by atoms with Gasteiger partial charge in [0.1, 0.15) is 6.10 Å². The molecule has 1 aromatic heterocycles. The number of aryl methyl sites for hydroxylation is 1. The summed E-state index contributed by atoms with van der Waals surface area (Å²) in [7, 11) is 1.81. The van der Waals surface area contributed by atoms with E-state index in [0.717, 1.165) is 44.6 Å². The molecule has 0 radical (unpaired) electrons. The Morgan fingerprint density at radius 2 is 2.17 bits per heavy atom. The van der Waals surface area contributed by atoms with Crippen molar-refractivity contribution in [1.82, 2.24) is 4.90 Å². The number of hydrogen-bond acceptors (Lipinski definition) is 4. The smallest absolute Gasteiger partial charge is 0.414 e. The number of anilines is 1. The van der Waals surface area contributed by atoms with Crippen LogP contribution in [0, 0.1) is 5.92 Å². The van der Waals surface area contributed by atoms with Gasteiger partial charge in [0.05, 0.1) is 0 Å². The maximum absolute atomic E-state index is 12.6. The first-order chi connectivity index (χ1) is 11.7. The number of carbonyl (C=O) groups excluding carboxylic acids is 1. The highest BCUT2D eigenvalue weighted by atomic mass is 32.1. The molecule has 5 heteroatoms. The number of piperidine rings is 3. The second-order valence-electron chi connectivity index (χ2n) is 6.91. The van der Waals surface area contributed by atoms with E-state index in [2.05, 4.69) is 29.3 Å². The van der Waals surface area contributed by atoms with Crippen molar-refractivity contribution in [3.63, 3.8) is 0 Å². The van der Waals surface area contributed by atoms with Gasteiger partial charge in [-0.2, -0.15) is 0 Å². The van der Waals surface area contributed by atoms with Crippen LogP contribution in [0.5, 0.6) is 0 Å². The van der Waals surface area contributed by atoms with E-state index in [9.17, 15) is 4.79 Å². The Bertz CT molecular complexity index is 749. The van der Waals surface area contributed by atoms with Gasteiger partial charge >= 0.3 is 6.09 Å². The van der Waals surface area contributed by atoms with E-state index in [1.54, 1.807) is 16.2 Å². The molecule has 0 spiro atoms. The van der Waals surface area contributed by atoms with Gasteiger partial charge in [-0.05, 0) is 72.8 Å². The molecule has 3 aliphatic rings. The average Bonchev–Trinajstić information content (AvgIpc) is 3.04. The van der Waals surface area contributed by atoms with Crippen molar-refractivity contribution < 1.29 is 9.53 Å². The van der Waals surface area contributed by atoms with Crippen LogP contribution in [0.15, 0.2) is 23.6 Å². The van der Waals surface area contributed by atoms with Gasteiger partial charge in [0, 0.05) is 24.0 Å². The molecule has 128 valence electrons. The Kier molecular flexibility index (Phi) is 4.22. The van der Waals surface area contributed by atoms with Gasteiger partial charge in [0.2, 0.25) is 0 Å². The van der Waals surface area contributed by atoms with Gasteiger partial charge in [0.25, 0.3) is 0 Å². The fourth-order valence-corrected chi connectivity index (χ4v) is 4.94. The molecule has 1 amide bonds. The number of carbonyl (C=O) groups is 1. The normalized spacial score (nSPS) is 25.8. The summed E-state index contributed by atoms with van der Waals surface area (Å²) in [5.74, 6) is 0.540. The molecule has 2 aromatic rings. The van der Waals surface area contributed by atoms with E-state index in [-0.39, 0.29) is 12.2 Å². The molecule has 1 atom stereocenters. The predicted molar refractivity (Wildman–Crippen MR) is 99.0 cm³/mol. The summed E-state index contributed by atoms with van der Waals surface area (Å²) in [5, 5.41) is 3.46. The van der Waals surface area contributed by atoms with Crippen molar-refractivity contribution in [3.8, 4) is 0 Å². The molecule has 0 N–H and O–H groups in total. The number of benzene rings is 1. The number of rotatable bonds is 3. The fraction of sp³-hybridized carbons (Fsp3) is 0.526. The topological polar surface area (TPSA) is 32.8 Å². The summed E-state index contributed by atoms with van der Waals surface area (Å²) < 4.78 is 7.11. The van der Waals surface area contributed by atoms with Crippen LogP contribution in [0.4, 0.5) is 10.5 Å². The Morgan fingerprint density at radius 3 is 2.83 bits per heavy atom. The van der Waals surface area contributed by atoms with Crippen LogP contribution < -0.4 is 4.90 Å². The second-order valence-corrected chi connectivity index (χ2v) is 7.83. The predicted octanol–water partition coefficient (Wildman–Crippen LogP) is 4.13. The minimum Gasteiger partial charge on any atom is -0.444 e. The van der Waals surface area contributed by atoms with Crippen molar-refractivity contribution in [2.45, 2.75) is 32.3 Å². The molecular formula is C19H24N2O2S. The lowest BCUT2D eigenvalue weighted by Gasteiger charge is -2.44. The van der Waals surface area contributed by atoms with Crippen molar-refractivity contribution in [1.29, 1.82) is 0 Å². The highest BCUT2D eigenvalue weighted by Gasteiger charge is 2.37. The largest absolute Gasteiger partial charge is 0.444 e. The third kappa shape index (κ3) is 2.80. The Labute approximate surface area is 147 Å². The van der Waals surface area contributed by atoms with Gasteiger partial charge in [-0.3, -0.25) is 9.80 Å². The summed E-state index contributed by atoms with van der Waals surface area (Å²) in [6, 6.07) is 6.23. The Balaban J connectivity index is 1.50. The van der Waals surface area contributed by atoms with Crippen molar-refractivity contribution in [3.05, 3.63) is 29.1 Å². The van der Waals surface area contributed by atoms with Crippen LogP contribution in [0.2, 0.25) is 0 Å². The molecule has 1 aromatic carbocycles. The van der Waals surface area contributed by atoms with E-state index < -0.39 is 0 Å². The Morgan fingerprint density at radius 1 is 1.38 bits per heavy atom. The lowest BCUT2D eigenvalue weighted by atomic mass is 9.86. The van der Waals surface area contributed by atoms with Crippen molar-refractivity contribution in [2.75, 3.05) is 31.6 Å². The van der Waals surface area contributed by atoms with Crippen LogP contribution in [0.1, 0.15) is 25.3 Å². The zero-order valence-electron chi connectivity index (χ0n) is 14.3. The SMILES string of the molecule is CCc1csc2ccc(N(C)C(=O)OC3CN4CCC3CC4)cc12. The van der Waals surface area contributed by atoms with E-state index in [1.165, 1.54) is 15.6 Å². The minimum atomic E-state index is -0.235. The van der Waals surface area contributed by atoms with E-state index in [0.29, 0.717) is 5.92 Å². The molecule has 0 aliphatic carbocycles. The lowest BCUT2D eigenvalue weighted by Crippen LogP contribution is -2.52. The molecule has 4 heterocycles. The number of nitrogens with zero attached hydrogens (tertiary/aromatic N) is 2. The summed E-state index contributed by atoms with van der Waals surface area (Å²) >= 11 is 1.76. The molecule has 3 fully saturated rings. The maximum Gasteiger partial charge on any atom is 0.414 e. The summed E-state index contributed by atoms with van der Waals surface area (Å²) in [4.78, 5) is 16.7. The highest BCUT2D eigenvalue weighted by molar-refractivity contribution is 7.17. The quantitative estimate of drug-likeness (QED) is 0.839. The monoisotopic (exact) mass is 344 g/mol. The van der Waals surface area contributed by atoms with Crippen LogP contribution in [0.25, 0.3) is 10.1 Å². The van der Waals surface area contributed by atoms with E-state index >= 15 is 0 Å². The van der Waals surface area contributed by atoms with Crippen LogP contribution in [0.3, 0.4) is 0 Å². The molecule has 3 saturated heterocycles. The van der Waals surface area contributed by atoms with Crippen LogP contribution in [-0.4, -0.2) is 43.8 Å². The first-order valence-electron chi connectivity index (χ1n) is 8.82. The molecular weight excluding hydrogens is 320 g/mol. The number of ether oxygens (including phenoxy) is 1. The number of fused-ring (bicyclic) bond motifs is 4. The second kappa shape index (κ2) is 6.37. The zero-order chi connectivity index (χ0) is 16.7. The van der Waals surface area contributed by atoms with Gasteiger partial charge in [-0.25, -0.2) is 4.79 Å². The fourth-order valence-electron chi connectivity index (χ4n) is 3.91. The molecule has 24 heavy (non-hydrogen) atoms. The van der Waals surface area contributed by atoms with Crippen molar-refractivity contribution in [2.24, 2.45) is 5.92 Å².